The first kappa shape index (κ1) is 11.1. The van der Waals surface area contributed by atoms with Crippen LogP contribution in [0.2, 0.25) is 0 Å². The molecular weight excluding hydrogens is 174 g/mol. The van der Waals surface area contributed by atoms with Crippen LogP contribution in [0.4, 0.5) is 0 Å². The van der Waals surface area contributed by atoms with Gasteiger partial charge >= 0.3 is 0 Å². The molecule has 2 nitrogen and oxygen atoms in total. The minimum atomic E-state index is 0.00194. The van der Waals surface area contributed by atoms with Gasteiger partial charge in [0.05, 0.1) is 0 Å². The average Bonchev–Trinajstić information content (AvgIpc) is 2.01. The number of benzene rings is 1. The van der Waals surface area contributed by atoms with Crippen LogP contribution in [0, 0.1) is 5.41 Å². The first-order valence-corrected chi connectivity index (χ1v) is 4.93. The molecule has 0 unspecified atom stereocenters. The van der Waals surface area contributed by atoms with Gasteiger partial charge in [-0.25, -0.2) is 0 Å². The molecule has 0 aromatic heterocycles. The predicted molar refractivity (Wildman–Crippen MR) is 59.1 cm³/mol. The first-order valence-electron chi connectivity index (χ1n) is 4.93. The second-order valence-corrected chi connectivity index (χ2v) is 4.97. The lowest BCUT2D eigenvalue weighted by Gasteiger charge is -2.23. The van der Waals surface area contributed by atoms with E-state index in [-0.39, 0.29) is 17.2 Å². The lowest BCUT2D eigenvalue weighted by Crippen LogP contribution is -2.18. The molecule has 1 aromatic carbocycles. The van der Waals surface area contributed by atoms with Crippen LogP contribution in [0.5, 0.6) is 5.75 Å². The molecule has 0 aliphatic carbocycles. The van der Waals surface area contributed by atoms with Gasteiger partial charge < -0.3 is 10.8 Å². The van der Waals surface area contributed by atoms with Crippen molar-refractivity contribution < 1.29 is 5.11 Å². The molecule has 0 bridgehead atoms. The van der Waals surface area contributed by atoms with Crippen LogP contribution in [0.1, 0.15) is 38.8 Å². The summed E-state index contributed by atoms with van der Waals surface area (Å²) in [5.74, 6) is 0.284. The molecule has 2 heteroatoms. The highest BCUT2D eigenvalue weighted by molar-refractivity contribution is 5.29. The lowest BCUT2D eigenvalue weighted by atomic mass is 9.86. The maximum Gasteiger partial charge on any atom is 0.115 e. The number of aromatic hydroxyl groups is 1. The van der Waals surface area contributed by atoms with E-state index in [1.165, 1.54) is 0 Å². The molecule has 1 atom stereocenters. The SMILES string of the molecule is CC(C)(C)C[C@H](N)c1cccc(O)c1. The Morgan fingerprint density at radius 3 is 2.50 bits per heavy atom. The van der Waals surface area contributed by atoms with Gasteiger partial charge in [-0.05, 0) is 29.5 Å². The standard InChI is InChI=1S/C12H19NO/c1-12(2,3)8-11(13)9-5-4-6-10(14)7-9/h4-7,11,14H,8,13H2,1-3H3/t11-/m0/s1. The van der Waals surface area contributed by atoms with Gasteiger partial charge in [0.15, 0.2) is 0 Å². The number of hydrogen-bond donors (Lipinski definition) is 2. The zero-order chi connectivity index (χ0) is 10.8. The molecule has 0 radical (unpaired) electrons. The van der Waals surface area contributed by atoms with E-state index in [0.29, 0.717) is 0 Å². The third kappa shape index (κ3) is 3.38. The normalized spacial score (nSPS) is 14.0. The third-order valence-corrected chi connectivity index (χ3v) is 2.13. The minimum Gasteiger partial charge on any atom is -0.508 e. The molecule has 0 aliphatic rings. The average molecular weight is 193 g/mol. The van der Waals surface area contributed by atoms with E-state index < -0.39 is 0 Å². The van der Waals surface area contributed by atoms with Crippen LogP contribution < -0.4 is 5.73 Å². The summed E-state index contributed by atoms with van der Waals surface area (Å²) in [7, 11) is 0. The smallest absolute Gasteiger partial charge is 0.115 e. The van der Waals surface area contributed by atoms with Gasteiger partial charge in [0.1, 0.15) is 5.75 Å². The lowest BCUT2D eigenvalue weighted by molar-refractivity contribution is 0.342. The zero-order valence-electron chi connectivity index (χ0n) is 9.12. The molecular formula is C12H19NO. The van der Waals surface area contributed by atoms with Crippen molar-refractivity contribution in [1.29, 1.82) is 0 Å². The molecule has 0 spiro atoms. The summed E-state index contributed by atoms with van der Waals surface area (Å²) in [5.41, 5.74) is 7.25. The van der Waals surface area contributed by atoms with Gasteiger partial charge in [0.25, 0.3) is 0 Å². The Kier molecular flexibility index (Phi) is 3.17. The number of hydrogen-bond acceptors (Lipinski definition) is 2. The molecule has 3 N–H and O–H groups in total. The van der Waals surface area contributed by atoms with Crippen LogP contribution in [-0.4, -0.2) is 5.11 Å². The van der Waals surface area contributed by atoms with Gasteiger partial charge in [0.2, 0.25) is 0 Å². The van der Waals surface area contributed by atoms with Gasteiger partial charge in [-0.3, -0.25) is 0 Å². The molecule has 0 aliphatic heterocycles. The van der Waals surface area contributed by atoms with Gasteiger partial charge in [-0.2, -0.15) is 0 Å². The molecule has 0 saturated heterocycles. The van der Waals surface area contributed by atoms with Crippen molar-refractivity contribution in [3.63, 3.8) is 0 Å². The number of rotatable bonds is 2. The van der Waals surface area contributed by atoms with Crippen LogP contribution >= 0.6 is 0 Å². The topological polar surface area (TPSA) is 46.2 Å². The fourth-order valence-corrected chi connectivity index (χ4v) is 1.53. The highest BCUT2D eigenvalue weighted by Crippen LogP contribution is 2.28. The Hall–Kier alpha value is -1.02. The van der Waals surface area contributed by atoms with Crippen molar-refractivity contribution in [2.24, 2.45) is 11.1 Å². The zero-order valence-corrected chi connectivity index (χ0v) is 9.12. The fraction of sp³-hybridized carbons (Fsp3) is 0.500. The molecule has 1 rings (SSSR count). The van der Waals surface area contributed by atoms with Crippen LogP contribution in [0.25, 0.3) is 0 Å². The van der Waals surface area contributed by atoms with E-state index in [9.17, 15) is 5.11 Å². The van der Waals surface area contributed by atoms with Crippen molar-refractivity contribution in [1.82, 2.24) is 0 Å². The maximum atomic E-state index is 9.30. The number of phenols is 1. The van der Waals surface area contributed by atoms with Crippen LogP contribution in [0.3, 0.4) is 0 Å². The van der Waals surface area contributed by atoms with E-state index in [1.54, 1.807) is 12.1 Å². The maximum absolute atomic E-state index is 9.30. The molecule has 1 aromatic rings. The molecule has 0 fully saturated rings. The van der Waals surface area contributed by atoms with Crippen LogP contribution in [-0.2, 0) is 0 Å². The Morgan fingerprint density at radius 2 is 2.00 bits per heavy atom. The van der Waals surface area contributed by atoms with E-state index in [2.05, 4.69) is 20.8 Å². The Balaban J connectivity index is 2.74. The summed E-state index contributed by atoms with van der Waals surface area (Å²) >= 11 is 0. The molecule has 0 saturated carbocycles. The second-order valence-electron chi connectivity index (χ2n) is 4.97. The summed E-state index contributed by atoms with van der Waals surface area (Å²) in [6.07, 6.45) is 0.913. The molecule has 0 amide bonds. The number of nitrogens with two attached hydrogens (primary N) is 1. The quantitative estimate of drug-likeness (QED) is 0.758. The summed E-state index contributed by atoms with van der Waals surface area (Å²) in [6, 6.07) is 7.18. The molecule has 78 valence electrons. The van der Waals surface area contributed by atoms with Gasteiger partial charge in [0, 0.05) is 6.04 Å². The van der Waals surface area contributed by atoms with Crippen molar-refractivity contribution in [3.05, 3.63) is 29.8 Å². The van der Waals surface area contributed by atoms with E-state index in [0.717, 1.165) is 12.0 Å². The van der Waals surface area contributed by atoms with E-state index in [4.69, 9.17) is 5.73 Å². The van der Waals surface area contributed by atoms with Crippen LogP contribution in [0.15, 0.2) is 24.3 Å². The summed E-state index contributed by atoms with van der Waals surface area (Å²) in [5, 5.41) is 9.30. The largest absolute Gasteiger partial charge is 0.508 e. The monoisotopic (exact) mass is 193 g/mol. The van der Waals surface area contributed by atoms with Crippen molar-refractivity contribution >= 4 is 0 Å². The first-order chi connectivity index (χ1) is 6.38. The Labute approximate surface area is 85.8 Å². The minimum absolute atomic E-state index is 0.00194. The Morgan fingerprint density at radius 1 is 1.36 bits per heavy atom. The number of phenolic OH excluding ortho intramolecular Hbond substituents is 1. The summed E-state index contributed by atoms with van der Waals surface area (Å²) in [4.78, 5) is 0. The fourth-order valence-electron chi connectivity index (χ4n) is 1.53. The Bertz CT molecular complexity index is 301. The molecule has 0 heterocycles. The van der Waals surface area contributed by atoms with Crippen molar-refractivity contribution in [2.45, 2.75) is 33.2 Å². The van der Waals surface area contributed by atoms with Gasteiger partial charge in [-0.15, -0.1) is 0 Å². The van der Waals surface area contributed by atoms with E-state index in [1.807, 2.05) is 12.1 Å². The van der Waals surface area contributed by atoms with E-state index >= 15 is 0 Å². The summed E-state index contributed by atoms with van der Waals surface area (Å²) < 4.78 is 0. The summed E-state index contributed by atoms with van der Waals surface area (Å²) in [6.45, 7) is 6.49. The molecule has 14 heavy (non-hydrogen) atoms. The highest BCUT2D eigenvalue weighted by atomic mass is 16.3. The highest BCUT2D eigenvalue weighted by Gasteiger charge is 2.16. The van der Waals surface area contributed by atoms with Gasteiger partial charge in [-0.1, -0.05) is 32.9 Å². The second kappa shape index (κ2) is 4.01. The van der Waals surface area contributed by atoms with Crippen molar-refractivity contribution in [2.75, 3.05) is 0 Å². The van der Waals surface area contributed by atoms with Crippen molar-refractivity contribution in [3.8, 4) is 5.75 Å². The predicted octanol–water partition coefficient (Wildman–Crippen LogP) is 2.83. The third-order valence-electron chi connectivity index (χ3n) is 2.13.